The van der Waals surface area contributed by atoms with E-state index in [1.54, 1.807) is 31.0 Å². The van der Waals surface area contributed by atoms with Gasteiger partial charge in [0.1, 0.15) is 5.82 Å². The summed E-state index contributed by atoms with van der Waals surface area (Å²) in [7, 11) is 0. The maximum atomic E-state index is 4.25. The van der Waals surface area contributed by atoms with Crippen LogP contribution in [0.1, 0.15) is 0 Å². The molecule has 0 atom stereocenters. The highest BCUT2D eigenvalue weighted by Crippen LogP contribution is 2.18. The van der Waals surface area contributed by atoms with E-state index in [2.05, 4.69) is 46.1 Å². The summed E-state index contributed by atoms with van der Waals surface area (Å²) in [6, 6.07) is 0.355. The molecule has 7 heteroatoms. The van der Waals surface area contributed by atoms with E-state index in [0.29, 0.717) is 12.0 Å². The monoisotopic (exact) mass is 306 g/mol. The van der Waals surface area contributed by atoms with Crippen molar-refractivity contribution in [1.82, 2.24) is 19.9 Å². The zero-order valence-electron chi connectivity index (χ0n) is 9.49. The Balaban J connectivity index is 1.55. The highest BCUT2D eigenvalue weighted by Gasteiger charge is 2.28. The predicted octanol–water partition coefficient (Wildman–Crippen LogP) is 1.33. The molecule has 1 saturated heterocycles. The lowest BCUT2D eigenvalue weighted by Crippen LogP contribution is -2.55. The number of nitrogens with zero attached hydrogens (tertiary/aromatic N) is 5. The van der Waals surface area contributed by atoms with Crippen LogP contribution in [-0.4, -0.2) is 39.1 Å². The maximum absolute atomic E-state index is 4.25. The van der Waals surface area contributed by atoms with Gasteiger partial charge in [-0.25, -0.2) is 15.0 Å². The standard InChI is InChI=1S/C11H11BrN6/c12-8-3-15-11(16-4-8)17-9-6-18(7-9)10-5-13-1-2-14-10/h1-5,9H,6-7H2,(H,15,16,17). The van der Waals surface area contributed by atoms with Crippen LogP contribution in [0.4, 0.5) is 11.8 Å². The highest BCUT2D eigenvalue weighted by atomic mass is 79.9. The van der Waals surface area contributed by atoms with Gasteiger partial charge in [-0.3, -0.25) is 4.98 Å². The molecule has 0 bridgehead atoms. The van der Waals surface area contributed by atoms with Crippen LogP contribution in [0.3, 0.4) is 0 Å². The Morgan fingerprint density at radius 3 is 2.56 bits per heavy atom. The minimum Gasteiger partial charge on any atom is -0.351 e. The molecule has 18 heavy (non-hydrogen) atoms. The second-order valence-corrected chi connectivity index (χ2v) is 4.95. The second kappa shape index (κ2) is 4.85. The smallest absolute Gasteiger partial charge is 0.222 e. The van der Waals surface area contributed by atoms with Crippen molar-refractivity contribution in [2.75, 3.05) is 23.3 Å². The van der Waals surface area contributed by atoms with Crippen molar-refractivity contribution in [3.05, 3.63) is 35.5 Å². The number of halogens is 1. The van der Waals surface area contributed by atoms with Crippen molar-refractivity contribution in [2.45, 2.75) is 6.04 Å². The van der Waals surface area contributed by atoms with Crippen LogP contribution in [0.25, 0.3) is 0 Å². The van der Waals surface area contributed by atoms with Crippen LogP contribution in [0.15, 0.2) is 35.5 Å². The minimum absolute atomic E-state index is 0.355. The molecule has 3 heterocycles. The third-order valence-corrected chi connectivity index (χ3v) is 3.12. The Morgan fingerprint density at radius 1 is 1.11 bits per heavy atom. The molecule has 0 spiro atoms. The molecule has 2 aromatic rings. The lowest BCUT2D eigenvalue weighted by atomic mass is 10.1. The van der Waals surface area contributed by atoms with Crippen molar-refractivity contribution < 1.29 is 0 Å². The van der Waals surface area contributed by atoms with Crippen LogP contribution >= 0.6 is 15.9 Å². The Kier molecular flexibility index (Phi) is 3.06. The van der Waals surface area contributed by atoms with Crippen molar-refractivity contribution in [3.8, 4) is 0 Å². The Bertz CT molecular complexity index is 511. The Morgan fingerprint density at radius 2 is 1.89 bits per heavy atom. The summed E-state index contributed by atoms with van der Waals surface area (Å²) < 4.78 is 0.878. The van der Waals surface area contributed by atoms with Gasteiger partial charge in [0, 0.05) is 37.9 Å². The molecule has 0 aliphatic carbocycles. The summed E-state index contributed by atoms with van der Waals surface area (Å²) in [5.74, 6) is 1.56. The molecule has 1 N–H and O–H groups in total. The summed E-state index contributed by atoms with van der Waals surface area (Å²) in [6.45, 7) is 1.77. The first kappa shape index (κ1) is 11.3. The molecule has 2 aromatic heterocycles. The molecule has 0 aromatic carbocycles. The maximum Gasteiger partial charge on any atom is 0.222 e. The molecule has 0 saturated carbocycles. The van der Waals surface area contributed by atoms with E-state index >= 15 is 0 Å². The number of anilines is 2. The van der Waals surface area contributed by atoms with Gasteiger partial charge in [0.2, 0.25) is 5.95 Å². The van der Waals surface area contributed by atoms with Gasteiger partial charge in [0.25, 0.3) is 0 Å². The van der Waals surface area contributed by atoms with E-state index in [9.17, 15) is 0 Å². The fourth-order valence-electron chi connectivity index (χ4n) is 1.78. The van der Waals surface area contributed by atoms with Crippen molar-refractivity contribution in [2.24, 2.45) is 0 Å². The molecule has 0 unspecified atom stereocenters. The van der Waals surface area contributed by atoms with E-state index in [-0.39, 0.29) is 0 Å². The van der Waals surface area contributed by atoms with Gasteiger partial charge in [0.05, 0.1) is 16.7 Å². The lowest BCUT2D eigenvalue weighted by molar-refractivity contribution is 0.540. The van der Waals surface area contributed by atoms with Gasteiger partial charge in [-0.1, -0.05) is 0 Å². The average Bonchev–Trinajstić information content (AvgIpc) is 2.36. The normalized spacial score (nSPS) is 15.3. The van der Waals surface area contributed by atoms with Crippen molar-refractivity contribution in [3.63, 3.8) is 0 Å². The first-order valence-corrected chi connectivity index (χ1v) is 6.35. The Hall–Kier alpha value is -1.76. The van der Waals surface area contributed by atoms with E-state index in [1.165, 1.54) is 0 Å². The van der Waals surface area contributed by atoms with E-state index in [4.69, 9.17) is 0 Å². The molecule has 3 rings (SSSR count). The van der Waals surface area contributed by atoms with Gasteiger partial charge in [0.15, 0.2) is 0 Å². The van der Waals surface area contributed by atoms with Crippen LogP contribution in [0.2, 0.25) is 0 Å². The zero-order valence-corrected chi connectivity index (χ0v) is 11.1. The van der Waals surface area contributed by atoms with Crippen LogP contribution in [-0.2, 0) is 0 Å². The predicted molar refractivity (Wildman–Crippen MR) is 71.4 cm³/mol. The number of nitrogens with one attached hydrogen (secondary N) is 1. The molecular weight excluding hydrogens is 296 g/mol. The van der Waals surface area contributed by atoms with Crippen molar-refractivity contribution in [1.29, 1.82) is 0 Å². The molecular formula is C11H11BrN6. The molecule has 0 radical (unpaired) electrons. The molecule has 1 aliphatic rings. The quantitative estimate of drug-likeness (QED) is 0.923. The van der Waals surface area contributed by atoms with Crippen molar-refractivity contribution >= 4 is 27.7 Å². The minimum atomic E-state index is 0.355. The second-order valence-electron chi connectivity index (χ2n) is 4.03. The van der Waals surface area contributed by atoms with E-state index in [1.807, 2.05) is 0 Å². The fraction of sp³-hybridized carbons (Fsp3) is 0.273. The van der Waals surface area contributed by atoms with Gasteiger partial charge < -0.3 is 10.2 Å². The average molecular weight is 307 g/mol. The molecule has 0 amide bonds. The Labute approximate surface area is 113 Å². The highest BCUT2D eigenvalue weighted by molar-refractivity contribution is 9.10. The summed E-state index contributed by atoms with van der Waals surface area (Å²) in [5.41, 5.74) is 0. The molecule has 92 valence electrons. The number of rotatable bonds is 3. The van der Waals surface area contributed by atoms with E-state index < -0.39 is 0 Å². The summed E-state index contributed by atoms with van der Waals surface area (Å²) >= 11 is 3.31. The SMILES string of the molecule is Brc1cnc(NC2CN(c3cnccn3)C2)nc1. The van der Waals surface area contributed by atoms with Gasteiger partial charge >= 0.3 is 0 Å². The third-order valence-electron chi connectivity index (χ3n) is 2.71. The summed E-state index contributed by atoms with van der Waals surface area (Å²) in [5, 5.41) is 3.27. The molecule has 1 fully saturated rings. The lowest BCUT2D eigenvalue weighted by Gasteiger charge is -2.40. The first-order valence-electron chi connectivity index (χ1n) is 5.56. The van der Waals surface area contributed by atoms with Gasteiger partial charge in [-0.15, -0.1) is 0 Å². The summed E-state index contributed by atoms with van der Waals surface area (Å²) in [6.07, 6.45) is 8.61. The third kappa shape index (κ3) is 2.40. The number of hydrogen-bond acceptors (Lipinski definition) is 6. The zero-order chi connectivity index (χ0) is 12.4. The largest absolute Gasteiger partial charge is 0.351 e. The first-order chi connectivity index (χ1) is 8.81. The summed E-state index contributed by atoms with van der Waals surface area (Å²) in [4.78, 5) is 18.8. The fourth-order valence-corrected chi connectivity index (χ4v) is 1.99. The van der Waals surface area contributed by atoms with Crippen LogP contribution in [0.5, 0.6) is 0 Å². The molecule has 6 nitrogen and oxygen atoms in total. The number of hydrogen-bond donors (Lipinski definition) is 1. The topological polar surface area (TPSA) is 66.8 Å². The van der Waals surface area contributed by atoms with Gasteiger partial charge in [-0.05, 0) is 15.9 Å². The number of aromatic nitrogens is 4. The van der Waals surface area contributed by atoms with E-state index in [0.717, 1.165) is 23.4 Å². The molecule has 1 aliphatic heterocycles. The van der Waals surface area contributed by atoms with Crippen LogP contribution < -0.4 is 10.2 Å². The van der Waals surface area contributed by atoms with Crippen LogP contribution in [0, 0.1) is 0 Å². The van der Waals surface area contributed by atoms with Gasteiger partial charge in [-0.2, -0.15) is 0 Å².